The first-order chi connectivity index (χ1) is 19.1. The van der Waals surface area contributed by atoms with E-state index in [-0.39, 0.29) is 28.2 Å². The molecule has 2 atom stereocenters. The van der Waals surface area contributed by atoms with Crippen molar-refractivity contribution in [2.45, 2.75) is 12.2 Å². The number of ether oxygens (including phenoxy) is 4. The quantitative estimate of drug-likeness (QED) is 0.228. The Morgan fingerprint density at radius 3 is 1.68 bits per heavy atom. The summed E-state index contributed by atoms with van der Waals surface area (Å²) in [5, 5.41) is 9.85. The van der Waals surface area contributed by atoms with Crippen LogP contribution in [0.3, 0.4) is 0 Å². The summed E-state index contributed by atoms with van der Waals surface area (Å²) in [6.45, 7) is 0. The fourth-order valence-electron chi connectivity index (χ4n) is 3.22. The molecule has 0 aliphatic heterocycles. The molecule has 13 heteroatoms. The molecule has 3 aromatic rings. The maximum Gasteiger partial charge on any atom is 0.349 e. The number of carbonyl (C=O) groups is 5. The fraction of sp³-hybridized carbons (Fsp3) is 0.148. The number of esters is 2. The molecule has 0 fully saturated rings. The number of amides is 2. The van der Waals surface area contributed by atoms with E-state index in [1.54, 1.807) is 24.3 Å². The number of nitrogens with one attached hydrogen (secondary N) is 2. The summed E-state index contributed by atoms with van der Waals surface area (Å²) in [6.07, 6.45) is -4.53. The van der Waals surface area contributed by atoms with Crippen molar-refractivity contribution < 1.29 is 48.0 Å². The molecule has 0 aromatic heterocycles. The van der Waals surface area contributed by atoms with Gasteiger partial charge in [-0.3, -0.25) is 20.4 Å². The van der Waals surface area contributed by atoms with Gasteiger partial charge in [0.25, 0.3) is 11.8 Å². The molecule has 0 bridgehead atoms. The highest BCUT2D eigenvalue weighted by Gasteiger charge is 2.41. The average Bonchev–Trinajstić information content (AvgIpc) is 2.97. The van der Waals surface area contributed by atoms with E-state index in [1.807, 2.05) is 5.43 Å². The minimum Gasteiger partial charge on any atom is -0.497 e. The average molecular weight is 615 g/mol. The molecular weight excluding hydrogens is 592 g/mol. The molecule has 0 saturated carbocycles. The predicted molar refractivity (Wildman–Crippen MR) is 142 cm³/mol. The zero-order chi connectivity index (χ0) is 29.2. The molecule has 0 radical (unpaired) electrons. The number of rotatable bonds is 10. The summed E-state index contributed by atoms with van der Waals surface area (Å²) >= 11 is 3.24. The number of carboxylic acids is 1. The Kier molecular flexibility index (Phi) is 10.2. The second kappa shape index (κ2) is 13.8. The number of carbonyl (C=O) groups excluding carboxylic acids is 4. The van der Waals surface area contributed by atoms with E-state index in [0.29, 0.717) is 4.47 Å². The molecule has 208 valence electrons. The molecule has 0 spiro atoms. The van der Waals surface area contributed by atoms with Gasteiger partial charge in [-0.15, -0.1) is 0 Å². The minimum absolute atomic E-state index is 0.0840. The van der Waals surface area contributed by atoms with Crippen LogP contribution in [0.1, 0.15) is 31.1 Å². The number of benzene rings is 3. The predicted octanol–water partition coefficient (Wildman–Crippen LogP) is 2.76. The van der Waals surface area contributed by atoms with Gasteiger partial charge in [-0.1, -0.05) is 28.1 Å². The Balaban J connectivity index is 1.87. The van der Waals surface area contributed by atoms with Gasteiger partial charge in [-0.2, -0.15) is 0 Å². The molecule has 40 heavy (non-hydrogen) atoms. The molecule has 2 amide bonds. The number of halogens is 1. The lowest BCUT2D eigenvalue weighted by Crippen LogP contribution is -2.54. The van der Waals surface area contributed by atoms with Gasteiger partial charge in [0.05, 0.1) is 25.3 Å². The highest BCUT2D eigenvalue weighted by molar-refractivity contribution is 9.10. The number of hydrazine groups is 1. The van der Waals surface area contributed by atoms with Crippen LogP contribution in [0.25, 0.3) is 0 Å². The van der Waals surface area contributed by atoms with E-state index in [4.69, 9.17) is 18.9 Å². The van der Waals surface area contributed by atoms with Crippen molar-refractivity contribution in [1.29, 1.82) is 0 Å². The summed E-state index contributed by atoms with van der Waals surface area (Å²) in [5.41, 5.74) is 4.11. The van der Waals surface area contributed by atoms with Crippen molar-refractivity contribution in [2.24, 2.45) is 0 Å². The largest absolute Gasteiger partial charge is 0.497 e. The molecule has 0 saturated heterocycles. The van der Waals surface area contributed by atoms with Crippen molar-refractivity contribution in [3.05, 3.63) is 94.0 Å². The minimum atomic E-state index is -2.31. The fourth-order valence-corrected chi connectivity index (χ4v) is 3.49. The standard InChI is InChI=1S/C27H23BrN2O10/c1-37-19-7-3-5-16(13-19)26(35)39-21(24(32)30-29-23(31)15-9-11-18(28)12-10-15)22(25(33)34)40-27(36)17-6-4-8-20(14-17)38-2/h3-14,21-22H,1-2H3,(H,29,31)(H,30,32)(H,33,34)/t21-,22-/m0/s1. The molecule has 0 heterocycles. The molecule has 0 aliphatic rings. The van der Waals surface area contributed by atoms with Crippen molar-refractivity contribution in [3.8, 4) is 11.5 Å². The monoisotopic (exact) mass is 614 g/mol. The van der Waals surface area contributed by atoms with Gasteiger partial charge in [0.15, 0.2) is 0 Å². The van der Waals surface area contributed by atoms with Gasteiger partial charge in [-0.25, -0.2) is 14.4 Å². The topological polar surface area (TPSA) is 167 Å². The third-order valence-corrected chi connectivity index (χ3v) is 5.79. The Morgan fingerprint density at radius 2 is 1.20 bits per heavy atom. The van der Waals surface area contributed by atoms with Crippen LogP contribution < -0.4 is 20.3 Å². The number of methoxy groups -OCH3 is 2. The smallest absolute Gasteiger partial charge is 0.349 e. The summed E-state index contributed by atoms with van der Waals surface area (Å²) in [6, 6.07) is 17.4. The third kappa shape index (κ3) is 7.80. The van der Waals surface area contributed by atoms with Gasteiger partial charge in [0, 0.05) is 10.0 Å². The van der Waals surface area contributed by atoms with Crippen molar-refractivity contribution in [2.75, 3.05) is 14.2 Å². The number of hydrogen-bond acceptors (Lipinski definition) is 9. The lowest BCUT2D eigenvalue weighted by Gasteiger charge is -2.23. The van der Waals surface area contributed by atoms with E-state index >= 15 is 0 Å². The molecule has 0 unspecified atom stereocenters. The van der Waals surface area contributed by atoms with E-state index in [2.05, 4.69) is 21.4 Å². The third-order valence-electron chi connectivity index (χ3n) is 5.26. The second-order valence-corrected chi connectivity index (χ2v) is 8.82. The molecule has 3 N–H and O–H groups in total. The van der Waals surface area contributed by atoms with Gasteiger partial charge in [0.2, 0.25) is 12.2 Å². The molecule has 12 nitrogen and oxygen atoms in total. The van der Waals surface area contributed by atoms with Crippen LogP contribution in [0.5, 0.6) is 11.5 Å². The zero-order valence-electron chi connectivity index (χ0n) is 21.1. The maximum atomic E-state index is 13.1. The van der Waals surface area contributed by atoms with Crippen LogP contribution in [-0.4, -0.2) is 61.3 Å². The maximum absolute atomic E-state index is 13.1. The van der Waals surface area contributed by atoms with Crippen molar-refractivity contribution in [3.63, 3.8) is 0 Å². The highest BCUT2D eigenvalue weighted by atomic mass is 79.9. The molecule has 0 aliphatic carbocycles. The van der Waals surface area contributed by atoms with Gasteiger partial charge >= 0.3 is 17.9 Å². The van der Waals surface area contributed by atoms with Crippen LogP contribution in [0, 0.1) is 0 Å². The normalized spacial score (nSPS) is 11.8. The van der Waals surface area contributed by atoms with Gasteiger partial charge in [-0.05, 0) is 60.7 Å². The van der Waals surface area contributed by atoms with Crippen LogP contribution in [0.15, 0.2) is 77.3 Å². The SMILES string of the molecule is COc1cccc(C(=O)O[C@H](C(=O)O)[C@H](OC(=O)c2cccc(OC)c2)C(=O)NNC(=O)c2ccc(Br)cc2)c1. The van der Waals surface area contributed by atoms with E-state index in [9.17, 15) is 29.1 Å². The number of hydrogen-bond donors (Lipinski definition) is 3. The lowest BCUT2D eigenvalue weighted by molar-refractivity contribution is -0.159. The molecule has 3 rings (SSSR count). The first-order valence-corrected chi connectivity index (χ1v) is 12.2. The Labute approximate surface area is 236 Å². The highest BCUT2D eigenvalue weighted by Crippen LogP contribution is 2.18. The van der Waals surface area contributed by atoms with E-state index in [1.165, 1.54) is 62.8 Å². The first kappa shape index (κ1) is 29.6. The molecule has 3 aromatic carbocycles. The number of carboxylic acid groups (broad SMARTS) is 1. The van der Waals surface area contributed by atoms with Crippen molar-refractivity contribution in [1.82, 2.24) is 10.9 Å². The summed E-state index contributed by atoms with van der Waals surface area (Å²) in [7, 11) is 2.73. The first-order valence-electron chi connectivity index (χ1n) is 11.4. The Morgan fingerprint density at radius 1 is 0.700 bits per heavy atom. The zero-order valence-corrected chi connectivity index (χ0v) is 22.7. The summed E-state index contributed by atoms with van der Waals surface area (Å²) < 4.78 is 21.1. The van der Waals surface area contributed by atoms with Crippen molar-refractivity contribution >= 4 is 45.7 Å². The Hall–Kier alpha value is -4.91. The number of aliphatic carboxylic acids is 1. The van der Waals surface area contributed by atoms with E-state index in [0.717, 1.165) is 0 Å². The van der Waals surface area contributed by atoms with E-state index < -0.39 is 41.9 Å². The summed E-state index contributed by atoms with van der Waals surface area (Å²) in [5.74, 6) is -5.52. The van der Waals surface area contributed by atoms with Gasteiger partial charge < -0.3 is 24.1 Å². The lowest BCUT2D eigenvalue weighted by atomic mass is 10.1. The second-order valence-electron chi connectivity index (χ2n) is 7.90. The Bertz CT molecular complexity index is 1410. The van der Waals surface area contributed by atoms with Crippen LogP contribution in [0.4, 0.5) is 0 Å². The van der Waals surface area contributed by atoms with Gasteiger partial charge in [0.1, 0.15) is 11.5 Å². The van der Waals surface area contributed by atoms with Crippen LogP contribution in [0.2, 0.25) is 0 Å². The summed E-state index contributed by atoms with van der Waals surface area (Å²) in [4.78, 5) is 63.3. The van der Waals surface area contributed by atoms with Crippen LogP contribution in [-0.2, 0) is 19.1 Å². The molecular formula is C27H23BrN2O10. The van der Waals surface area contributed by atoms with Crippen LogP contribution >= 0.6 is 15.9 Å².